The van der Waals surface area contributed by atoms with Crippen molar-refractivity contribution in [2.24, 2.45) is 0 Å². The Balaban J connectivity index is 1.68. The zero-order valence-corrected chi connectivity index (χ0v) is 16.7. The molecule has 0 aliphatic rings. The van der Waals surface area contributed by atoms with Gasteiger partial charge in [-0.05, 0) is 57.9 Å². The standard InChI is InChI=1S/C22H12BrClO4/c23-19-4-2-1-3-16(19)22(26)28-15-9-10-17-20(11-15)27-12-18(21(17)25)13-5-7-14(24)8-6-13/h1-12H. The van der Waals surface area contributed by atoms with Crippen LogP contribution in [0.25, 0.3) is 22.1 Å². The Bertz CT molecular complexity index is 1250. The van der Waals surface area contributed by atoms with Crippen LogP contribution in [0.4, 0.5) is 0 Å². The molecule has 0 saturated heterocycles. The van der Waals surface area contributed by atoms with Crippen molar-refractivity contribution < 1.29 is 13.9 Å². The van der Waals surface area contributed by atoms with Crippen molar-refractivity contribution in [2.45, 2.75) is 0 Å². The number of halogens is 2. The molecule has 4 nitrogen and oxygen atoms in total. The largest absolute Gasteiger partial charge is 0.463 e. The van der Waals surface area contributed by atoms with Crippen LogP contribution >= 0.6 is 27.5 Å². The first-order chi connectivity index (χ1) is 13.5. The smallest absolute Gasteiger partial charge is 0.344 e. The van der Waals surface area contributed by atoms with Crippen LogP contribution in [0.1, 0.15) is 10.4 Å². The third kappa shape index (κ3) is 3.59. The van der Waals surface area contributed by atoms with Gasteiger partial charge in [-0.3, -0.25) is 4.79 Å². The van der Waals surface area contributed by atoms with E-state index >= 15 is 0 Å². The van der Waals surface area contributed by atoms with E-state index in [9.17, 15) is 9.59 Å². The fourth-order valence-electron chi connectivity index (χ4n) is 2.79. The molecule has 0 atom stereocenters. The maximum absolute atomic E-state index is 12.8. The summed E-state index contributed by atoms with van der Waals surface area (Å²) in [5.41, 5.74) is 1.71. The van der Waals surface area contributed by atoms with Crippen LogP contribution in [0.15, 0.2) is 86.7 Å². The van der Waals surface area contributed by atoms with Gasteiger partial charge in [0, 0.05) is 15.6 Å². The first-order valence-corrected chi connectivity index (χ1v) is 9.48. The third-order valence-electron chi connectivity index (χ3n) is 4.21. The predicted molar refractivity (Wildman–Crippen MR) is 112 cm³/mol. The van der Waals surface area contributed by atoms with Crippen LogP contribution in [0.2, 0.25) is 5.02 Å². The first-order valence-electron chi connectivity index (χ1n) is 8.31. The molecule has 0 bridgehead atoms. The zero-order valence-electron chi connectivity index (χ0n) is 14.3. The van der Waals surface area contributed by atoms with Crippen molar-refractivity contribution in [2.75, 3.05) is 0 Å². The summed E-state index contributed by atoms with van der Waals surface area (Å²) >= 11 is 9.23. The molecule has 1 aromatic heterocycles. The van der Waals surface area contributed by atoms with Crippen molar-refractivity contribution in [3.63, 3.8) is 0 Å². The Morgan fingerprint density at radius 2 is 1.75 bits per heavy atom. The summed E-state index contributed by atoms with van der Waals surface area (Å²) in [5, 5.41) is 0.985. The number of hydrogen-bond donors (Lipinski definition) is 0. The highest BCUT2D eigenvalue weighted by Crippen LogP contribution is 2.25. The number of benzene rings is 3. The lowest BCUT2D eigenvalue weighted by Crippen LogP contribution is -2.09. The minimum Gasteiger partial charge on any atom is -0.463 e. The summed E-state index contributed by atoms with van der Waals surface area (Å²) in [4.78, 5) is 25.2. The van der Waals surface area contributed by atoms with Gasteiger partial charge in [-0.15, -0.1) is 0 Å². The molecule has 28 heavy (non-hydrogen) atoms. The molecule has 138 valence electrons. The molecule has 0 fully saturated rings. The van der Waals surface area contributed by atoms with Crippen LogP contribution < -0.4 is 10.2 Å². The molecular weight excluding hydrogens is 444 g/mol. The van der Waals surface area contributed by atoms with Gasteiger partial charge in [0.05, 0.1) is 16.5 Å². The van der Waals surface area contributed by atoms with Crippen LogP contribution in [-0.2, 0) is 0 Å². The van der Waals surface area contributed by atoms with E-state index in [1.165, 1.54) is 12.3 Å². The first kappa shape index (κ1) is 18.5. The number of rotatable bonds is 3. The van der Waals surface area contributed by atoms with Gasteiger partial charge in [0.15, 0.2) is 5.43 Å². The maximum atomic E-state index is 12.8. The number of ether oxygens (including phenoxy) is 1. The lowest BCUT2D eigenvalue weighted by molar-refractivity contribution is 0.0734. The number of carbonyl (C=O) groups is 1. The summed E-state index contributed by atoms with van der Waals surface area (Å²) in [5.74, 6) is -0.220. The molecule has 4 aromatic rings. The van der Waals surface area contributed by atoms with Gasteiger partial charge in [0.25, 0.3) is 0 Å². The highest BCUT2D eigenvalue weighted by atomic mass is 79.9. The van der Waals surface area contributed by atoms with Gasteiger partial charge in [-0.25, -0.2) is 4.79 Å². The molecule has 4 rings (SSSR count). The van der Waals surface area contributed by atoms with Crippen molar-refractivity contribution in [3.05, 3.63) is 98.3 Å². The second-order valence-electron chi connectivity index (χ2n) is 6.01. The predicted octanol–water partition coefficient (Wildman–Crippen LogP) is 6.10. The molecule has 0 saturated carbocycles. The average Bonchev–Trinajstić information content (AvgIpc) is 2.69. The van der Waals surface area contributed by atoms with Gasteiger partial charge in [-0.1, -0.05) is 35.9 Å². The monoisotopic (exact) mass is 454 g/mol. The molecular formula is C22H12BrClO4. The Labute approximate surface area is 173 Å². The van der Waals surface area contributed by atoms with Crippen LogP contribution in [0, 0.1) is 0 Å². The van der Waals surface area contributed by atoms with E-state index in [0.717, 1.165) is 0 Å². The Hall–Kier alpha value is -2.89. The summed E-state index contributed by atoms with van der Waals surface area (Å²) in [6.07, 6.45) is 1.40. The van der Waals surface area contributed by atoms with Gasteiger partial charge in [0.2, 0.25) is 0 Å². The average molecular weight is 456 g/mol. The number of hydrogen-bond acceptors (Lipinski definition) is 4. The molecule has 0 unspecified atom stereocenters. The topological polar surface area (TPSA) is 56.5 Å². The molecule has 0 N–H and O–H groups in total. The molecule has 0 spiro atoms. The zero-order chi connectivity index (χ0) is 19.7. The van der Waals surface area contributed by atoms with E-state index in [0.29, 0.717) is 37.2 Å². The molecule has 0 aliphatic carbocycles. The van der Waals surface area contributed by atoms with Gasteiger partial charge in [0.1, 0.15) is 17.6 Å². The van der Waals surface area contributed by atoms with Crippen molar-refractivity contribution in [3.8, 4) is 16.9 Å². The van der Waals surface area contributed by atoms with Gasteiger partial charge >= 0.3 is 5.97 Å². The van der Waals surface area contributed by atoms with E-state index in [1.54, 1.807) is 54.6 Å². The number of fused-ring (bicyclic) bond motifs is 1. The highest BCUT2D eigenvalue weighted by Gasteiger charge is 2.14. The van der Waals surface area contributed by atoms with Crippen LogP contribution in [0.5, 0.6) is 5.75 Å². The maximum Gasteiger partial charge on any atom is 0.344 e. The molecule has 1 heterocycles. The third-order valence-corrected chi connectivity index (χ3v) is 5.15. The molecule has 0 amide bonds. The summed E-state index contributed by atoms with van der Waals surface area (Å²) in [7, 11) is 0. The highest BCUT2D eigenvalue weighted by molar-refractivity contribution is 9.10. The molecule has 6 heteroatoms. The molecule has 3 aromatic carbocycles. The second-order valence-corrected chi connectivity index (χ2v) is 7.30. The lowest BCUT2D eigenvalue weighted by atomic mass is 10.1. The summed E-state index contributed by atoms with van der Waals surface area (Å²) in [6.45, 7) is 0. The fourth-order valence-corrected chi connectivity index (χ4v) is 3.36. The van der Waals surface area contributed by atoms with Crippen LogP contribution in [0.3, 0.4) is 0 Å². The van der Waals surface area contributed by atoms with E-state index in [4.69, 9.17) is 20.8 Å². The quantitative estimate of drug-likeness (QED) is 0.277. The minimum atomic E-state index is -0.507. The minimum absolute atomic E-state index is 0.174. The normalized spacial score (nSPS) is 10.8. The summed E-state index contributed by atoms with van der Waals surface area (Å²) < 4.78 is 11.7. The number of esters is 1. The lowest BCUT2D eigenvalue weighted by Gasteiger charge is -2.07. The van der Waals surface area contributed by atoms with E-state index < -0.39 is 5.97 Å². The van der Waals surface area contributed by atoms with Crippen molar-refractivity contribution in [1.29, 1.82) is 0 Å². The Morgan fingerprint density at radius 3 is 2.50 bits per heavy atom. The fraction of sp³-hybridized carbons (Fsp3) is 0. The number of carbonyl (C=O) groups excluding carboxylic acids is 1. The summed E-state index contributed by atoms with van der Waals surface area (Å²) in [6, 6.07) is 18.6. The Kier molecular flexibility index (Phi) is 5.03. The van der Waals surface area contributed by atoms with Crippen molar-refractivity contribution >= 4 is 44.5 Å². The second kappa shape index (κ2) is 7.62. The van der Waals surface area contributed by atoms with Crippen molar-refractivity contribution in [1.82, 2.24) is 0 Å². The van der Waals surface area contributed by atoms with Gasteiger partial charge in [-0.2, -0.15) is 0 Å². The SMILES string of the molecule is O=C(Oc1ccc2c(=O)c(-c3ccc(Cl)cc3)coc2c1)c1ccccc1Br. The van der Waals surface area contributed by atoms with Crippen LogP contribution in [-0.4, -0.2) is 5.97 Å². The van der Waals surface area contributed by atoms with E-state index in [-0.39, 0.29) is 11.2 Å². The Morgan fingerprint density at radius 1 is 1.00 bits per heavy atom. The molecule has 0 radical (unpaired) electrons. The van der Waals surface area contributed by atoms with E-state index in [2.05, 4.69) is 15.9 Å². The van der Waals surface area contributed by atoms with E-state index in [1.807, 2.05) is 6.07 Å². The van der Waals surface area contributed by atoms with Gasteiger partial charge < -0.3 is 9.15 Å². The molecule has 0 aliphatic heterocycles.